The first-order chi connectivity index (χ1) is 10.6. The summed E-state index contributed by atoms with van der Waals surface area (Å²) in [5.74, 6) is 0. The molecule has 2 aromatic carbocycles. The minimum Gasteiger partial charge on any atom is -0.327 e. The van der Waals surface area contributed by atoms with Crippen LogP contribution in [0, 0.1) is 10.1 Å². The maximum atomic E-state index is 10.7. The van der Waals surface area contributed by atoms with E-state index in [1.54, 1.807) is 12.1 Å². The quantitative estimate of drug-likeness (QED) is 0.697. The Hall–Kier alpha value is -2.20. The van der Waals surface area contributed by atoms with Gasteiger partial charge in [0.1, 0.15) is 12.6 Å². The van der Waals surface area contributed by atoms with E-state index in [1.165, 1.54) is 35.3 Å². The molecule has 4 nitrogen and oxygen atoms in total. The van der Waals surface area contributed by atoms with Crippen LogP contribution in [-0.4, -0.2) is 12.0 Å². The fraction of sp³-hybridized carbons (Fsp3) is 0.333. The summed E-state index contributed by atoms with van der Waals surface area (Å²) in [4.78, 5) is 11.8. The number of hydrogen-bond donors (Lipinski definition) is 1. The molecule has 1 aliphatic carbocycles. The summed E-state index contributed by atoms with van der Waals surface area (Å²) in [6.45, 7) is 0.886. The fourth-order valence-corrected chi connectivity index (χ4v) is 3.45. The highest BCUT2D eigenvalue weighted by molar-refractivity contribution is 5.33. The van der Waals surface area contributed by atoms with Crippen LogP contribution in [0.5, 0.6) is 0 Å². The van der Waals surface area contributed by atoms with Crippen molar-refractivity contribution in [1.29, 1.82) is 0 Å². The molecule has 22 heavy (non-hydrogen) atoms. The Morgan fingerprint density at radius 3 is 2.64 bits per heavy atom. The van der Waals surface area contributed by atoms with Crippen LogP contribution < -0.4 is 4.90 Å². The maximum Gasteiger partial charge on any atom is 0.269 e. The molecule has 1 N–H and O–H groups in total. The average molecular weight is 297 g/mol. The molecule has 0 aliphatic heterocycles. The van der Waals surface area contributed by atoms with Crippen molar-refractivity contribution in [3.8, 4) is 0 Å². The highest BCUT2D eigenvalue weighted by Gasteiger charge is 2.26. The number of quaternary nitrogens is 1. The number of nitrogens with one attached hydrogen (secondary N) is 1. The molecule has 1 aliphatic rings. The van der Waals surface area contributed by atoms with Crippen LogP contribution in [0.1, 0.15) is 35.6 Å². The Kier molecular flexibility index (Phi) is 4.20. The predicted molar refractivity (Wildman–Crippen MR) is 85.8 cm³/mol. The number of aryl methyl sites for hydroxylation is 1. The Morgan fingerprint density at radius 2 is 1.91 bits per heavy atom. The number of rotatable bonds is 4. The lowest BCUT2D eigenvalue weighted by Crippen LogP contribution is -3.08. The predicted octanol–water partition coefficient (Wildman–Crippen LogP) is 2.69. The van der Waals surface area contributed by atoms with Crippen LogP contribution in [0.2, 0.25) is 0 Å². The zero-order valence-corrected chi connectivity index (χ0v) is 12.8. The standard InChI is InChI=1S/C18H20N2O2/c1-19(13-14-9-11-16(12-10-14)20(21)22)18-8-4-6-15-5-2-3-7-17(15)18/h2-3,5,7,9-12,18H,4,6,8,13H2,1H3/p+1/t18-/m0/s1. The van der Waals surface area contributed by atoms with E-state index >= 15 is 0 Å². The summed E-state index contributed by atoms with van der Waals surface area (Å²) >= 11 is 0. The number of hydrogen-bond acceptors (Lipinski definition) is 2. The van der Waals surface area contributed by atoms with E-state index < -0.39 is 0 Å². The minimum atomic E-state index is -0.349. The molecule has 1 unspecified atom stereocenters. The van der Waals surface area contributed by atoms with E-state index in [2.05, 4.69) is 31.3 Å². The molecule has 0 heterocycles. The maximum absolute atomic E-state index is 10.7. The Bertz CT molecular complexity index is 667. The third-order valence-electron chi connectivity index (χ3n) is 4.59. The largest absolute Gasteiger partial charge is 0.327 e. The number of nitrogens with zero attached hydrogens (tertiary/aromatic N) is 1. The van der Waals surface area contributed by atoms with Gasteiger partial charge in [0.2, 0.25) is 0 Å². The molecular formula is C18H21N2O2+. The Morgan fingerprint density at radius 1 is 1.18 bits per heavy atom. The summed E-state index contributed by atoms with van der Waals surface area (Å²) in [6, 6.07) is 16.2. The molecule has 3 rings (SSSR count). The van der Waals surface area contributed by atoms with Crippen molar-refractivity contribution in [2.45, 2.75) is 31.8 Å². The number of nitro benzene ring substituents is 1. The van der Waals surface area contributed by atoms with Crippen LogP contribution in [0.25, 0.3) is 0 Å². The highest BCUT2D eigenvalue weighted by Crippen LogP contribution is 2.27. The molecule has 0 radical (unpaired) electrons. The normalized spacial score (nSPS) is 18.5. The van der Waals surface area contributed by atoms with Crippen molar-refractivity contribution in [3.05, 3.63) is 75.3 Å². The van der Waals surface area contributed by atoms with Gasteiger partial charge in [0, 0.05) is 29.7 Å². The molecule has 0 saturated carbocycles. The van der Waals surface area contributed by atoms with E-state index in [4.69, 9.17) is 0 Å². The van der Waals surface area contributed by atoms with Gasteiger partial charge in [0.25, 0.3) is 5.69 Å². The number of nitro groups is 1. The molecule has 4 heteroatoms. The molecule has 2 aromatic rings. The fourth-order valence-electron chi connectivity index (χ4n) is 3.45. The molecule has 0 spiro atoms. The summed E-state index contributed by atoms with van der Waals surface area (Å²) in [5.41, 5.74) is 4.24. The SMILES string of the molecule is C[NH+](Cc1ccc([N+](=O)[O-])cc1)[C@H]1CCCc2ccccc21. The van der Waals surface area contributed by atoms with E-state index in [0.717, 1.165) is 12.1 Å². The van der Waals surface area contributed by atoms with Crippen molar-refractivity contribution in [2.75, 3.05) is 7.05 Å². The summed E-state index contributed by atoms with van der Waals surface area (Å²) in [6.07, 6.45) is 3.62. The van der Waals surface area contributed by atoms with Crippen LogP contribution in [0.4, 0.5) is 5.69 Å². The van der Waals surface area contributed by atoms with Gasteiger partial charge in [0.15, 0.2) is 0 Å². The monoisotopic (exact) mass is 297 g/mol. The lowest BCUT2D eigenvalue weighted by molar-refractivity contribution is -0.926. The number of benzene rings is 2. The average Bonchev–Trinajstić information content (AvgIpc) is 2.54. The molecular weight excluding hydrogens is 276 g/mol. The van der Waals surface area contributed by atoms with Gasteiger partial charge in [-0.15, -0.1) is 0 Å². The number of fused-ring (bicyclic) bond motifs is 1. The molecule has 0 bridgehead atoms. The van der Waals surface area contributed by atoms with Crippen molar-refractivity contribution < 1.29 is 9.82 Å². The molecule has 0 saturated heterocycles. The second-order valence-electron chi connectivity index (χ2n) is 6.09. The minimum absolute atomic E-state index is 0.157. The van der Waals surface area contributed by atoms with Gasteiger partial charge in [-0.25, -0.2) is 0 Å². The smallest absolute Gasteiger partial charge is 0.269 e. The lowest BCUT2D eigenvalue weighted by atomic mass is 9.87. The van der Waals surface area contributed by atoms with Gasteiger partial charge in [-0.2, -0.15) is 0 Å². The lowest BCUT2D eigenvalue weighted by Gasteiger charge is -2.30. The highest BCUT2D eigenvalue weighted by atomic mass is 16.6. The van der Waals surface area contributed by atoms with Crippen molar-refractivity contribution in [3.63, 3.8) is 0 Å². The first-order valence-electron chi connectivity index (χ1n) is 7.78. The van der Waals surface area contributed by atoms with E-state index in [0.29, 0.717) is 6.04 Å². The zero-order valence-electron chi connectivity index (χ0n) is 12.8. The van der Waals surface area contributed by atoms with Gasteiger partial charge in [0.05, 0.1) is 12.0 Å². The molecule has 0 fully saturated rings. The van der Waals surface area contributed by atoms with Crippen LogP contribution >= 0.6 is 0 Å². The zero-order chi connectivity index (χ0) is 15.5. The van der Waals surface area contributed by atoms with Crippen LogP contribution in [-0.2, 0) is 13.0 Å². The second kappa shape index (κ2) is 6.28. The Balaban J connectivity index is 1.75. The molecule has 0 amide bonds. The van der Waals surface area contributed by atoms with Crippen molar-refractivity contribution in [2.24, 2.45) is 0 Å². The van der Waals surface area contributed by atoms with E-state index in [1.807, 2.05) is 12.1 Å². The van der Waals surface area contributed by atoms with Crippen molar-refractivity contribution in [1.82, 2.24) is 0 Å². The Labute approximate surface area is 130 Å². The van der Waals surface area contributed by atoms with Crippen LogP contribution in [0.3, 0.4) is 0 Å². The van der Waals surface area contributed by atoms with Crippen molar-refractivity contribution >= 4 is 5.69 Å². The summed E-state index contributed by atoms with van der Waals surface area (Å²) < 4.78 is 0. The molecule has 0 aromatic heterocycles. The molecule has 2 atom stereocenters. The van der Waals surface area contributed by atoms with E-state index in [-0.39, 0.29) is 10.6 Å². The third kappa shape index (κ3) is 3.02. The first kappa shape index (κ1) is 14.7. The third-order valence-corrected chi connectivity index (χ3v) is 4.59. The van der Waals surface area contributed by atoms with Gasteiger partial charge >= 0.3 is 0 Å². The second-order valence-corrected chi connectivity index (χ2v) is 6.09. The number of non-ortho nitro benzene ring substituents is 1. The van der Waals surface area contributed by atoms with Gasteiger partial charge in [-0.05, 0) is 30.5 Å². The topological polar surface area (TPSA) is 47.6 Å². The van der Waals surface area contributed by atoms with Gasteiger partial charge < -0.3 is 4.90 Å². The first-order valence-corrected chi connectivity index (χ1v) is 7.78. The van der Waals surface area contributed by atoms with Gasteiger partial charge in [-0.1, -0.05) is 24.3 Å². The van der Waals surface area contributed by atoms with Gasteiger partial charge in [-0.3, -0.25) is 10.1 Å². The summed E-state index contributed by atoms with van der Waals surface area (Å²) in [5, 5.41) is 10.7. The summed E-state index contributed by atoms with van der Waals surface area (Å²) in [7, 11) is 2.22. The molecule has 114 valence electrons. The van der Waals surface area contributed by atoms with Crippen LogP contribution in [0.15, 0.2) is 48.5 Å². The van der Waals surface area contributed by atoms with E-state index in [9.17, 15) is 10.1 Å².